The van der Waals surface area contributed by atoms with Crippen molar-refractivity contribution in [2.45, 2.75) is 12.8 Å². The standard InChI is InChI=1S/C17H22N4O3/c1-21-15(19-16(22)11-13-7-4-3-5-8-13)12-14(20-21)17(23)18-9-6-10-24-2/h3-5,7-8,12H,6,9-11H2,1-2H3,(H,18,23)(H,19,22). The summed E-state index contributed by atoms with van der Waals surface area (Å²) >= 11 is 0. The first-order valence-electron chi connectivity index (χ1n) is 7.75. The quantitative estimate of drug-likeness (QED) is 0.716. The molecule has 0 aliphatic carbocycles. The highest BCUT2D eigenvalue weighted by Crippen LogP contribution is 2.10. The maximum absolute atomic E-state index is 12.1. The molecule has 0 atom stereocenters. The molecule has 0 spiro atoms. The van der Waals surface area contributed by atoms with Gasteiger partial charge in [-0.05, 0) is 12.0 Å². The van der Waals surface area contributed by atoms with Crippen LogP contribution >= 0.6 is 0 Å². The number of anilines is 1. The predicted molar refractivity (Wildman–Crippen MR) is 90.8 cm³/mol. The first kappa shape index (κ1) is 17.7. The van der Waals surface area contributed by atoms with E-state index in [2.05, 4.69) is 15.7 Å². The average Bonchev–Trinajstić information content (AvgIpc) is 2.93. The third kappa shape index (κ3) is 5.20. The van der Waals surface area contributed by atoms with Crippen LogP contribution in [0.15, 0.2) is 36.4 Å². The molecule has 1 heterocycles. The number of ether oxygens (including phenoxy) is 1. The lowest BCUT2D eigenvalue weighted by Crippen LogP contribution is -2.25. The Balaban J connectivity index is 1.91. The number of carbonyl (C=O) groups is 2. The van der Waals surface area contributed by atoms with Crippen LogP contribution < -0.4 is 10.6 Å². The minimum absolute atomic E-state index is 0.156. The second-order valence-electron chi connectivity index (χ2n) is 5.35. The topological polar surface area (TPSA) is 85.3 Å². The highest BCUT2D eigenvalue weighted by atomic mass is 16.5. The number of nitrogens with zero attached hydrogens (tertiary/aromatic N) is 2. The molecule has 0 fully saturated rings. The molecule has 0 unspecified atom stereocenters. The van der Waals surface area contributed by atoms with Crippen LogP contribution in [0, 0.1) is 0 Å². The number of aryl methyl sites for hydroxylation is 1. The number of hydrogen-bond donors (Lipinski definition) is 2. The van der Waals surface area contributed by atoms with Crippen molar-refractivity contribution in [3.8, 4) is 0 Å². The molecule has 24 heavy (non-hydrogen) atoms. The summed E-state index contributed by atoms with van der Waals surface area (Å²) in [6, 6.07) is 11.0. The molecule has 7 heteroatoms. The van der Waals surface area contributed by atoms with Crippen molar-refractivity contribution in [3.63, 3.8) is 0 Å². The Kier molecular flexibility index (Phi) is 6.51. The molecule has 0 aliphatic rings. The highest BCUT2D eigenvalue weighted by molar-refractivity contribution is 5.95. The summed E-state index contributed by atoms with van der Waals surface area (Å²) in [4.78, 5) is 24.1. The largest absolute Gasteiger partial charge is 0.385 e. The zero-order chi connectivity index (χ0) is 17.4. The Labute approximate surface area is 141 Å². The maximum Gasteiger partial charge on any atom is 0.271 e. The number of methoxy groups -OCH3 is 1. The maximum atomic E-state index is 12.1. The molecule has 0 saturated carbocycles. The molecule has 0 bridgehead atoms. The third-order valence-corrected chi connectivity index (χ3v) is 3.40. The van der Waals surface area contributed by atoms with Gasteiger partial charge in [0.15, 0.2) is 5.69 Å². The number of carbonyl (C=O) groups excluding carboxylic acids is 2. The highest BCUT2D eigenvalue weighted by Gasteiger charge is 2.14. The van der Waals surface area contributed by atoms with E-state index in [0.29, 0.717) is 19.0 Å². The average molecular weight is 330 g/mol. The van der Waals surface area contributed by atoms with Crippen molar-refractivity contribution >= 4 is 17.6 Å². The number of amides is 2. The summed E-state index contributed by atoms with van der Waals surface area (Å²) in [6.07, 6.45) is 1.00. The van der Waals surface area contributed by atoms with E-state index in [1.165, 1.54) is 4.68 Å². The summed E-state index contributed by atoms with van der Waals surface area (Å²) in [5, 5.41) is 9.66. The van der Waals surface area contributed by atoms with E-state index < -0.39 is 0 Å². The summed E-state index contributed by atoms with van der Waals surface area (Å²) in [5.74, 6) is 0.0551. The normalized spacial score (nSPS) is 10.4. The van der Waals surface area contributed by atoms with Gasteiger partial charge in [-0.1, -0.05) is 30.3 Å². The van der Waals surface area contributed by atoms with Crippen molar-refractivity contribution in [1.82, 2.24) is 15.1 Å². The van der Waals surface area contributed by atoms with Crippen molar-refractivity contribution in [2.75, 3.05) is 25.6 Å². The fourth-order valence-corrected chi connectivity index (χ4v) is 2.17. The number of rotatable bonds is 8. The zero-order valence-electron chi connectivity index (χ0n) is 13.9. The fraction of sp³-hybridized carbons (Fsp3) is 0.353. The van der Waals surface area contributed by atoms with Gasteiger partial charge in [0, 0.05) is 33.4 Å². The Hall–Kier alpha value is -2.67. The summed E-state index contributed by atoms with van der Waals surface area (Å²) < 4.78 is 6.41. The molecule has 128 valence electrons. The van der Waals surface area contributed by atoms with Gasteiger partial charge in [0.2, 0.25) is 5.91 Å². The molecule has 7 nitrogen and oxygen atoms in total. The molecular weight excluding hydrogens is 308 g/mol. The fourth-order valence-electron chi connectivity index (χ4n) is 2.17. The van der Waals surface area contributed by atoms with Crippen LogP contribution in [0.1, 0.15) is 22.5 Å². The molecule has 2 amide bonds. The molecule has 0 aliphatic heterocycles. The number of hydrogen-bond acceptors (Lipinski definition) is 4. The van der Waals surface area contributed by atoms with Crippen LogP contribution in [-0.2, 0) is 23.0 Å². The number of aromatic nitrogens is 2. The van der Waals surface area contributed by atoms with E-state index in [1.807, 2.05) is 30.3 Å². The second-order valence-corrected chi connectivity index (χ2v) is 5.35. The van der Waals surface area contributed by atoms with Gasteiger partial charge in [-0.15, -0.1) is 0 Å². The number of nitrogens with one attached hydrogen (secondary N) is 2. The van der Waals surface area contributed by atoms with Crippen molar-refractivity contribution < 1.29 is 14.3 Å². The van der Waals surface area contributed by atoms with Crippen LogP contribution in [0.4, 0.5) is 5.82 Å². The van der Waals surface area contributed by atoms with Gasteiger partial charge >= 0.3 is 0 Å². The van der Waals surface area contributed by atoms with Gasteiger partial charge in [-0.3, -0.25) is 14.3 Å². The first-order chi connectivity index (χ1) is 11.6. The lowest BCUT2D eigenvalue weighted by atomic mass is 10.1. The van der Waals surface area contributed by atoms with Crippen LogP contribution in [0.3, 0.4) is 0 Å². The molecular formula is C17H22N4O3. The lowest BCUT2D eigenvalue weighted by molar-refractivity contribution is -0.115. The SMILES string of the molecule is COCCCNC(=O)c1cc(NC(=O)Cc2ccccc2)n(C)n1. The van der Waals surface area contributed by atoms with Crippen LogP contribution in [-0.4, -0.2) is 41.9 Å². The summed E-state index contributed by atoms with van der Waals surface area (Å²) in [5.41, 5.74) is 1.19. The van der Waals surface area contributed by atoms with Gasteiger partial charge in [-0.25, -0.2) is 0 Å². The molecule has 0 radical (unpaired) electrons. The molecule has 1 aromatic carbocycles. The van der Waals surface area contributed by atoms with Crippen molar-refractivity contribution in [3.05, 3.63) is 47.7 Å². The Morgan fingerprint density at radius 1 is 1.25 bits per heavy atom. The number of benzene rings is 1. The minimum Gasteiger partial charge on any atom is -0.385 e. The smallest absolute Gasteiger partial charge is 0.271 e. The van der Waals surface area contributed by atoms with E-state index in [0.717, 1.165) is 12.0 Å². The molecule has 2 rings (SSSR count). The monoisotopic (exact) mass is 330 g/mol. The molecule has 1 aromatic heterocycles. The van der Waals surface area contributed by atoms with E-state index in [9.17, 15) is 9.59 Å². The predicted octanol–water partition coefficient (Wildman–Crippen LogP) is 1.37. The Morgan fingerprint density at radius 3 is 2.71 bits per heavy atom. The summed E-state index contributed by atoms with van der Waals surface area (Å²) in [7, 11) is 3.30. The van der Waals surface area contributed by atoms with Crippen molar-refractivity contribution in [2.24, 2.45) is 7.05 Å². The third-order valence-electron chi connectivity index (χ3n) is 3.40. The molecule has 2 N–H and O–H groups in total. The second kappa shape index (κ2) is 8.83. The minimum atomic E-state index is -0.273. The Morgan fingerprint density at radius 2 is 2.00 bits per heavy atom. The zero-order valence-corrected chi connectivity index (χ0v) is 13.9. The molecule has 2 aromatic rings. The van der Waals surface area contributed by atoms with Gasteiger partial charge in [0.05, 0.1) is 6.42 Å². The van der Waals surface area contributed by atoms with Crippen LogP contribution in [0.25, 0.3) is 0 Å². The van der Waals surface area contributed by atoms with E-state index in [4.69, 9.17) is 4.74 Å². The van der Waals surface area contributed by atoms with Gasteiger partial charge < -0.3 is 15.4 Å². The lowest BCUT2D eigenvalue weighted by Gasteiger charge is -2.04. The van der Waals surface area contributed by atoms with Gasteiger partial charge in [0.1, 0.15) is 5.82 Å². The van der Waals surface area contributed by atoms with Gasteiger partial charge in [0.25, 0.3) is 5.91 Å². The van der Waals surface area contributed by atoms with E-state index >= 15 is 0 Å². The van der Waals surface area contributed by atoms with E-state index in [1.54, 1.807) is 20.2 Å². The first-order valence-corrected chi connectivity index (χ1v) is 7.75. The Bertz CT molecular complexity index is 682. The van der Waals surface area contributed by atoms with Gasteiger partial charge in [-0.2, -0.15) is 5.10 Å². The van der Waals surface area contributed by atoms with E-state index in [-0.39, 0.29) is 23.9 Å². The summed E-state index contributed by atoms with van der Waals surface area (Å²) in [6.45, 7) is 1.10. The van der Waals surface area contributed by atoms with Crippen molar-refractivity contribution in [1.29, 1.82) is 0 Å². The van der Waals surface area contributed by atoms with Crippen LogP contribution in [0.5, 0.6) is 0 Å². The molecule has 0 saturated heterocycles. The van der Waals surface area contributed by atoms with Crippen LogP contribution in [0.2, 0.25) is 0 Å².